The fourth-order valence-corrected chi connectivity index (χ4v) is 3.07. The average molecular weight is 298 g/mol. The Bertz CT molecular complexity index is 738. The first kappa shape index (κ1) is 14.5. The third-order valence-electron chi connectivity index (χ3n) is 2.78. The van der Waals surface area contributed by atoms with Crippen molar-refractivity contribution in [3.8, 4) is 0 Å². The Balaban J connectivity index is 2.38. The van der Waals surface area contributed by atoms with Crippen LogP contribution in [0.15, 0.2) is 33.6 Å². The lowest BCUT2D eigenvalue weighted by Crippen LogP contribution is -2.14. The van der Waals surface area contributed by atoms with Gasteiger partial charge in [0.25, 0.3) is 10.0 Å². The average Bonchev–Trinajstić information content (AvgIpc) is 2.75. The van der Waals surface area contributed by atoms with Crippen LogP contribution in [0, 0.1) is 19.7 Å². The maximum atomic E-state index is 13.7. The Hall–Kier alpha value is -1.86. The van der Waals surface area contributed by atoms with Crippen LogP contribution in [0.4, 0.5) is 10.1 Å². The fourth-order valence-electron chi connectivity index (χ4n) is 1.79. The first-order valence-electron chi connectivity index (χ1n) is 5.92. The number of sulfonamides is 1. The van der Waals surface area contributed by atoms with E-state index in [1.165, 1.54) is 25.1 Å². The number of benzene rings is 1. The van der Waals surface area contributed by atoms with Crippen molar-refractivity contribution in [3.63, 3.8) is 0 Å². The summed E-state index contributed by atoms with van der Waals surface area (Å²) < 4.78 is 45.5. The summed E-state index contributed by atoms with van der Waals surface area (Å²) in [6.45, 7) is 3.32. The van der Waals surface area contributed by atoms with Crippen molar-refractivity contribution < 1.29 is 17.2 Å². The second-order valence-electron chi connectivity index (χ2n) is 4.43. The number of halogens is 1. The van der Waals surface area contributed by atoms with Gasteiger partial charge in [-0.05, 0) is 31.5 Å². The van der Waals surface area contributed by atoms with Gasteiger partial charge in [0.1, 0.15) is 22.2 Å². The molecule has 0 spiro atoms. The van der Waals surface area contributed by atoms with E-state index in [2.05, 4.69) is 4.72 Å². The maximum Gasteiger partial charge on any atom is 0.265 e. The molecule has 0 unspecified atom stereocenters. The molecule has 0 fully saturated rings. The monoisotopic (exact) mass is 298 g/mol. The number of rotatable bonds is 4. The van der Waals surface area contributed by atoms with Gasteiger partial charge in [-0.15, -0.1) is 0 Å². The van der Waals surface area contributed by atoms with Gasteiger partial charge in [0.15, 0.2) is 0 Å². The smallest absolute Gasteiger partial charge is 0.265 e. The fraction of sp³-hybridized carbons (Fsp3) is 0.231. The van der Waals surface area contributed by atoms with Crippen LogP contribution in [0.3, 0.4) is 0 Å². The van der Waals surface area contributed by atoms with E-state index >= 15 is 0 Å². The summed E-state index contributed by atoms with van der Waals surface area (Å²) in [6.07, 6.45) is 0. The summed E-state index contributed by atoms with van der Waals surface area (Å²) in [4.78, 5) is -0.0436. The van der Waals surface area contributed by atoms with E-state index in [1.54, 1.807) is 13.0 Å². The van der Waals surface area contributed by atoms with Crippen LogP contribution < -0.4 is 10.5 Å². The van der Waals surface area contributed by atoms with E-state index in [0.29, 0.717) is 11.3 Å². The van der Waals surface area contributed by atoms with Gasteiger partial charge in [0.05, 0.1) is 12.2 Å². The first-order valence-corrected chi connectivity index (χ1v) is 7.40. The van der Waals surface area contributed by atoms with Crippen LogP contribution in [0.1, 0.15) is 17.1 Å². The van der Waals surface area contributed by atoms with Gasteiger partial charge in [-0.2, -0.15) is 0 Å². The van der Waals surface area contributed by atoms with Crippen LogP contribution >= 0.6 is 0 Å². The van der Waals surface area contributed by atoms with E-state index in [1.807, 2.05) is 0 Å². The Morgan fingerprint density at radius 3 is 2.55 bits per heavy atom. The molecule has 2 aromatic rings. The molecule has 7 heteroatoms. The van der Waals surface area contributed by atoms with Crippen molar-refractivity contribution in [3.05, 3.63) is 47.2 Å². The predicted octanol–water partition coefficient (Wildman–Crippen LogP) is 2.30. The standard InChI is InChI=1S/C13H15FN2O3S/c1-8-3-4-12(11(14)5-8)16-20(17,18)13-6-10(7-15)19-9(13)2/h3-6,16H,7,15H2,1-2H3. The molecule has 2 rings (SSSR count). The Morgan fingerprint density at radius 1 is 1.30 bits per heavy atom. The minimum absolute atomic E-state index is 0.0436. The summed E-state index contributed by atoms with van der Waals surface area (Å²) in [5.74, 6) is -0.0634. The van der Waals surface area contributed by atoms with Gasteiger partial charge in [0, 0.05) is 6.07 Å². The highest BCUT2D eigenvalue weighted by molar-refractivity contribution is 7.92. The summed E-state index contributed by atoms with van der Waals surface area (Å²) >= 11 is 0. The third kappa shape index (κ3) is 2.83. The minimum atomic E-state index is -3.91. The van der Waals surface area contributed by atoms with Gasteiger partial charge in [-0.3, -0.25) is 4.72 Å². The number of hydrogen-bond donors (Lipinski definition) is 2. The highest BCUT2D eigenvalue weighted by atomic mass is 32.2. The summed E-state index contributed by atoms with van der Waals surface area (Å²) in [5, 5.41) is 0. The van der Waals surface area contributed by atoms with Gasteiger partial charge >= 0.3 is 0 Å². The van der Waals surface area contributed by atoms with Gasteiger partial charge in [-0.25, -0.2) is 12.8 Å². The number of aryl methyl sites for hydroxylation is 2. The van der Waals surface area contributed by atoms with E-state index in [0.717, 1.165) is 0 Å². The van der Waals surface area contributed by atoms with Crippen molar-refractivity contribution >= 4 is 15.7 Å². The summed E-state index contributed by atoms with van der Waals surface area (Å²) in [5.41, 5.74) is 6.00. The summed E-state index contributed by atoms with van der Waals surface area (Å²) in [7, 11) is -3.91. The molecule has 1 heterocycles. The molecule has 0 aliphatic heterocycles. The summed E-state index contributed by atoms with van der Waals surface area (Å²) in [6, 6.07) is 5.59. The second kappa shape index (κ2) is 5.26. The number of nitrogens with one attached hydrogen (secondary N) is 1. The molecule has 0 amide bonds. The zero-order valence-corrected chi connectivity index (χ0v) is 11.9. The largest absolute Gasteiger partial charge is 0.464 e. The van der Waals surface area contributed by atoms with Gasteiger partial charge in [0.2, 0.25) is 0 Å². The van der Waals surface area contributed by atoms with Crippen LogP contribution in [0.2, 0.25) is 0 Å². The van der Waals surface area contributed by atoms with Crippen molar-refractivity contribution in [1.82, 2.24) is 0 Å². The van der Waals surface area contributed by atoms with E-state index in [4.69, 9.17) is 10.2 Å². The lowest BCUT2D eigenvalue weighted by Gasteiger charge is -2.08. The van der Waals surface area contributed by atoms with Crippen molar-refractivity contribution in [1.29, 1.82) is 0 Å². The molecular formula is C13H15FN2O3S. The normalized spacial score (nSPS) is 11.6. The quantitative estimate of drug-likeness (QED) is 0.907. The molecule has 0 saturated carbocycles. The van der Waals surface area contributed by atoms with Gasteiger partial charge in [-0.1, -0.05) is 6.07 Å². The number of anilines is 1. The predicted molar refractivity (Wildman–Crippen MR) is 73.3 cm³/mol. The molecule has 0 saturated heterocycles. The molecule has 0 atom stereocenters. The van der Waals surface area contributed by atoms with E-state index in [9.17, 15) is 12.8 Å². The molecule has 3 N–H and O–H groups in total. The maximum absolute atomic E-state index is 13.7. The Kier molecular flexibility index (Phi) is 3.82. The lowest BCUT2D eigenvalue weighted by atomic mass is 10.2. The molecule has 108 valence electrons. The Labute approximate surface area is 116 Å². The molecule has 5 nitrogen and oxygen atoms in total. The van der Waals surface area contributed by atoms with E-state index in [-0.39, 0.29) is 22.9 Å². The third-order valence-corrected chi connectivity index (χ3v) is 4.26. The molecule has 20 heavy (non-hydrogen) atoms. The highest BCUT2D eigenvalue weighted by Crippen LogP contribution is 2.24. The number of furan rings is 1. The molecule has 0 bridgehead atoms. The van der Waals surface area contributed by atoms with Crippen LogP contribution in [0.25, 0.3) is 0 Å². The SMILES string of the molecule is Cc1ccc(NS(=O)(=O)c2cc(CN)oc2C)c(F)c1. The zero-order chi connectivity index (χ0) is 14.9. The van der Waals surface area contributed by atoms with Crippen molar-refractivity contribution in [2.24, 2.45) is 5.73 Å². The second-order valence-corrected chi connectivity index (χ2v) is 6.08. The molecular weight excluding hydrogens is 283 g/mol. The van der Waals surface area contributed by atoms with Gasteiger partial charge < -0.3 is 10.2 Å². The molecule has 0 aliphatic carbocycles. The van der Waals surface area contributed by atoms with Crippen LogP contribution in [-0.2, 0) is 16.6 Å². The molecule has 1 aromatic carbocycles. The minimum Gasteiger partial charge on any atom is -0.464 e. The topological polar surface area (TPSA) is 85.3 Å². The zero-order valence-electron chi connectivity index (χ0n) is 11.1. The van der Waals surface area contributed by atoms with E-state index < -0.39 is 15.8 Å². The van der Waals surface area contributed by atoms with Crippen molar-refractivity contribution in [2.45, 2.75) is 25.3 Å². The highest BCUT2D eigenvalue weighted by Gasteiger charge is 2.22. The number of hydrogen-bond acceptors (Lipinski definition) is 4. The molecule has 1 aromatic heterocycles. The van der Waals surface area contributed by atoms with Crippen LogP contribution in [0.5, 0.6) is 0 Å². The Morgan fingerprint density at radius 2 is 2.00 bits per heavy atom. The van der Waals surface area contributed by atoms with Crippen molar-refractivity contribution in [2.75, 3.05) is 4.72 Å². The molecule has 0 radical (unpaired) electrons. The lowest BCUT2D eigenvalue weighted by molar-refractivity contribution is 0.479. The molecule has 0 aliphatic rings. The number of nitrogens with two attached hydrogens (primary N) is 1. The van der Waals surface area contributed by atoms with Crippen LogP contribution in [-0.4, -0.2) is 8.42 Å². The first-order chi connectivity index (χ1) is 9.33.